The lowest BCUT2D eigenvalue weighted by Gasteiger charge is -2.17. The van der Waals surface area contributed by atoms with Crippen molar-refractivity contribution in [2.45, 2.75) is 10.8 Å². The number of carbonyl (C=O) groups excluding carboxylic acids is 1. The molecule has 0 bridgehead atoms. The number of thiophene rings is 1. The first kappa shape index (κ1) is 26.1. The third-order valence-electron chi connectivity index (χ3n) is 4.19. The van der Waals surface area contributed by atoms with Crippen molar-refractivity contribution in [3.63, 3.8) is 0 Å². The molecule has 1 amide bonds. The Labute approximate surface area is 196 Å². The lowest BCUT2D eigenvalue weighted by atomic mass is 10.4. The number of nitrogens with one attached hydrogen (secondary N) is 3. The lowest BCUT2D eigenvalue weighted by Crippen LogP contribution is -2.38. The van der Waals surface area contributed by atoms with Crippen LogP contribution >= 0.6 is 11.3 Å². The predicted molar refractivity (Wildman–Crippen MR) is 128 cm³/mol. The molecule has 0 unspecified atom stereocenters. The Hall–Kier alpha value is -3.13. The van der Waals surface area contributed by atoms with E-state index in [1.54, 1.807) is 18.2 Å². The van der Waals surface area contributed by atoms with Gasteiger partial charge in [0.15, 0.2) is 0 Å². The molecule has 2 aromatic rings. The summed E-state index contributed by atoms with van der Waals surface area (Å²) in [6.07, 6.45) is 4.67. The Morgan fingerprint density at radius 2 is 1.91 bits per heavy atom. The van der Waals surface area contributed by atoms with Gasteiger partial charge >= 0.3 is 0 Å². The fourth-order valence-corrected chi connectivity index (χ4v) is 5.09. The quantitative estimate of drug-likeness (QED) is 0.147. The van der Waals surface area contributed by atoms with Crippen molar-refractivity contribution in [1.29, 1.82) is 0 Å². The van der Waals surface area contributed by atoms with E-state index in [-0.39, 0.29) is 16.4 Å². The maximum Gasteiger partial charge on any atom is 0.287 e. The molecule has 13 heteroatoms. The van der Waals surface area contributed by atoms with Crippen LogP contribution in [0.2, 0.25) is 0 Å². The average Bonchev–Trinajstić information content (AvgIpc) is 3.25. The minimum atomic E-state index is -3.81. The summed E-state index contributed by atoms with van der Waals surface area (Å²) in [4.78, 5) is 28.8. The number of nitrogens with zero attached hydrogens (tertiary/aromatic N) is 3. The topological polar surface area (TPSA) is 147 Å². The highest BCUT2D eigenvalue weighted by atomic mass is 32.2. The molecule has 0 saturated carbocycles. The molecule has 11 nitrogen and oxygen atoms in total. The van der Waals surface area contributed by atoms with Crippen molar-refractivity contribution in [3.8, 4) is 0 Å². The van der Waals surface area contributed by atoms with Gasteiger partial charge in [-0.1, -0.05) is 12.2 Å². The van der Waals surface area contributed by atoms with Crippen molar-refractivity contribution in [2.75, 3.05) is 38.0 Å². The van der Waals surface area contributed by atoms with Gasteiger partial charge in [0, 0.05) is 43.7 Å². The Balaban J connectivity index is 1.76. The standard InChI is InChI=1S/C20H26N6O5S2/c1-3-11-25(12-4-2)15-17-6-8-20(32-17)33(30,31)24-14-19(27)22-10-9-21-18-7-5-16(13-23-18)26(28)29/h3-8,13,24H,1-2,9-12,14-15H2,(H,21,23)(H,22,27). The molecule has 2 rings (SSSR count). The van der Waals surface area contributed by atoms with E-state index in [0.29, 0.717) is 32.0 Å². The second-order valence-electron chi connectivity index (χ2n) is 6.75. The summed E-state index contributed by atoms with van der Waals surface area (Å²) in [6, 6.07) is 6.03. The third kappa shape index (κ3) is 8.73. The maximum atomic E-state index is 12.5. The van der Waals surface area contributed by atoms with Crippen LogP contribution in [0.15, 0.2) is 60.0 Å². The minimum Gasteiger partial charge on any atom is -0.368 e. The molecule has 33 heavy (non-hydrogen) atoms. The molecule has 0 saturated heterocycles. The molecule has 0 spiro atoms. The molecular weight excluding hydrogens is 468 g/mol. The molecule has 0 aliphatic heterocycles. The van der Waals surface area contributed by atoms with Crippen molar-refractivity contribution < 1.29 is 18.1 Å². The van der Waals surface area contributed by atoms with Gasteiger partial charge in [-0.25, -0.2) is 18.1 Å². The van der Waals surface area contributed by atoms with Crippen LogP contribution in [0.1, 0.15) is 4.88 Å². The number of anilines is 1. The number of nitro groups is 1. The van der Waals surface area contributed by atoms with Gasteiger partial charge in [0.2, 0.25) is 5.91 Å². The Morgan fingerprint density at radius 1 is 1.18 bits per heavy atom. The average molecular weight is 495 g/mol. The fraction of sp³-hybridized carbons (Fsp3) is 0.300. The first-order valence-corrected chi connectivity index (χ1v) is 12.2. The Kier molecular flexibility index (Phi) is 10.1. The summed E-state index contributed by atoms with van der Waals surface area (Å²) in [5.74, 6) is -0.0687. The third-order valence-corrected chi connectivity index (χ3v) is 7.15. The van der Waals surface area contributed by atoms with Gasteiger partial charge in [0.05, 0.1) is 11.5 Å². The van der Waals surface area contributed by atoms with Crippen LogP contribution in [0.5, 0.6) is 0 Å². The largest absolute Gasteiger partial charge is 0.368 e. The minimum absolute atomic E-state index is 0.121. The summed E-state index contributed by atoms with van der Waals surface area (Å²) in [5, 5.41) is 16.1. The van der Waals surface area contributed by atoms with E-state index in [1.807, 2.05) is 0 Å². The second kappa shape index (κ2) is 12.8. The van der Waals surface area contributed by atoms with Crippen LogP contribution in [0.4, 0.5) is 11.5 Å². The van der Waals surface area contributed by atoms with E-state index >= 15 is 0 Å². The first-order valence-electron chi connectivity index (χ1n) is 9.88. The number of sulfonamides is 1. The molecule has 0 atom stereocenters. The zero-order chi connectivity index (χ0) is 24.3. The Morgan fingerprint density at radius 3 is 2.52 bits per heavy atom. The number of aromatic nitrogens is 1. The van der Waals surface area contributed by atoms with E-state index in [2.05, 4.69) is 38.4 Å². The van der Waals surface area contributed by atoms with Crippen molar-refractivity contribution >= 4 is 38.8 Å². The summed E-state index contributed by atoms with van der Waals surface area (Å²) in [5.41, 5.74) is -0.121. The molecule has 0 fully saturated rings. The molecule has 178 valence electrons. The second-order valence-corrected chi connectivity index (χ2v) is 9.91. The van der Waals surface area contributed by atoms with Crippen molar-refractivity contribution in [1.82, 2.24) is 19.9 Å². The number of hydrogen-bond donors (Lipinski definition) is 3. The molecular formula is C20H26N6O5S2. The Bertz CT molecular complexity index is 1060. The van der Waals surface area contributed by atoms with Crippen molar-refractivity contribution in [2.24, 2.45) is 0 Å². The highest BCUT2D eigenvalue weighted by Crippen LogP contribution is 2.22. The molecule has 0 aromatic carbocycles. The molecule has 2 aromatic heterocycles. The van der Waals surface area contributed by atoms with Gasteiger partial charge in [0.25, 0.3) is 15.7 Å². The van der Waals surface area contributed by atoms with Crippen LogP contribution < -0.4 is 15.4 Å². The summed E-state index contributed by atoms with van der Waals surface area (Å²) in [7, 11) is -3.81. The van der Waals surface area contributed by atoms with Crippen LogP contribution in [0.25, 0.3) is 0 Å². The van der Waals surface area contributed by atoms with E-state index in [9.17, 15) is 23.3 Å². The van der Waals surface area contributed by atoms with E-state index in [4.69, 9.17) is 0 Å². The SMILES string of the molecule is C=CCN(CC=C)Cc1ccc(S(=O)(=O)NCC(=O)NCCNc2ccc([N+](=O)[O-])cn2)s1. The summed E-state index contributed by atoms with van der Waals surface area (Å²) in [6.45, 7) is 9.42. The van der Waals surface area contributed by atoms with Gasteiger partial charge in [-0.05, 0) is 18.2 Å². The lowest BCUT2D eigenvalue weighted by molar-refractivity contribution is -0.385. The van der Waals surface area contributed by atoms with E-state index in [0.717, 1.165) is 22.4 Å². The van der Waals surface area contributed by atoms with Gasteiger partial charge in [0.1, 0.15) is 16.2 Å². The summed E-state index contributed by atoms with van der Waals surface area (Å²) < 4.78 is 27.4. The zero-order valence-corrected chi connectivity index (χ0v) is 19.5. The van der Waals surface area contributed by atoms with Crippen molar-refractivity contribution in [3.05, 3.63) is 70.8 Å². The van der Waals surface area contributed by atoms with Crippen LogP contribution in [-0.2, 0) is 21.4 Å². The van der Waals surface area contributed by atoms with Crippen LogP contribution in [0, 0.1) is 10.1 Å². The molecule has 0 aliphatic carbocycles. The number of rotatable bonds is 15. The fourth-order valence-electron chi connectivity index (χ4n) is 2.66. The number of carbonyl (C=O) groups is 1. The van der Waals surface area contributed by atoms with E-state index in [1.165, 1.54) is 18.2 Å². The molecule has 0 aliphatic rings. The zero-order valence-electron chi connectivity index (χ0n) is 17.9. The predicted octanol–water partition coefficient (Wildman–Crippen LogP) is 1.73. The molecule has 3 N–H and O–H groups in total. The number of amides is 1. The highest BCUT2D eigenvalue weighted by molar-refractivity contribution is 7.91. The first-order chi connectivity index (χ1) is 15.7. The van der Waals surface area contributed by atoms with Gasteiger partial charge in [-0.15, -0.1) is 24.5 Å². The van der Waals surface area contributed by atoms with Gasteiger partial charge in [-0.2, -0.15) is 0 Å². The normalized spacial score (nSPS) is 11.2. The molecule has 0 radical (unpaired) electrons. The molecule has 2 heterocycles. The monoisotopic (exact) mass is 494 g/mol. The van der Waals surface area contributed by atoms with E-state index < -0.39 is 27.4 Å². The number of hydrogen-bond acceptors (Lipinski definition) is 9. The van der Waals surface area contributed by atoms with Gasteiger partial charge in [-0.3, -0.25) is 19.8 Å². The smallest absolute Gasteiger partial charge is 0.287 e. The van der Waals surface area contributed by atoms with Crippen LogP contribution in [-0.4, -0.2) is 61.9 Å². The maximum absolute atomic E-state index is 12.5. The number of pyridine rings is 1. The highest BCUT2D eigenvalue weighted by Gasteiger charge is 2.18. The van der Waals surface area contributed by atoms with Crippen LogP contribution in [0.3, 0.4) is 0 Å². The van der Waals surface area contributed by atoms with Gasteiger partial charge < -0.3 is 10.6 Å². The summed E-state index contributed by atoms with van der Waals surface area (Å²) >= 11 is 1.14.